The fraction of sp³-hybridized carbons (Fsp3) is 0.571. The van der Waals surface area contributed by atoms with Crippen LogP contribution in [-0.2, 0) is 21.2 Å². The van der Waals surface area contributed by atoms with Gasteiger partial charge in [0.05, 0.1) is 18.8 Å². The van der Waals surface area contributed by atoms with Crippen LogP contribution in [0.1, 0.15) is 12.7 Å². The Morgan fingerprint density at radius 3 is 2.80 bits per heavy atom. The summed E-state index contributed by atoms with van der Waals surface area (Å²) in [4.78, 5) is 4.34. The molecule has 1 fully saturated rings. The van der Waals surface area contributed by atoms with E-state index in [0.717, 1.165) is 11.3 Å². The van der Waals surface area contributed by atoms with Crippen LogP contribution in [0.25, 0.3) is 11.5 Å². The van der Waals surface area contributed by atoms with Crippen LogP contribution in [0.5, 0.6) is 0 Å². The minimum Gasteiger partial charge on any atom is -0.379 e. The van der Waals surface area contributed by atoms with Gasteiger partial charge in [0.1, 0.15) is 4.21 Å². The zero-order chi connectivity index (χ0) is 17.2. The van der Waals surface area contributed by atoms with Crippen molar-refractivity contribution in [2.45, 2.75) is 23.6 Å². The van der Waals surface area contributed by atoms with E-state index in [1.165, 1.54) is 4.31 Å². The van der Waals surface area contributed by atoms with E-state index in [2.05, 4.69) is 15.5 Å². The summed E-state index contributed by atoms with van der Waals surface area (Å²) in [6.45, 7) is 3.63. The van der Waals surface area contributed by atoms with Gasteiger partial charge in [-0.1, -0.05) is 5.16 Å². The van der Waals surface area contributed by atoms with Crippen molar-refractivity contribution in [1.82, 2.24) is 19.8 Å². The smallest absolute Gasteiger partial charge is 0.258 e. The Bertz CT molecular complexity index is 786. The molecule has 0 spiro atoms. The van der Waals surface area contributed by atoms with Crippen molar-refractivity contribution in [1.29, 1.82) is 0 Å². The lowest BCUT2D eigenvalue weighted by Gasteiger charge is -2.25. The van der Waals surface area contributed by atoms with Gasteiger partial charge in [0.2, 0.25) is 0 Å². The molecule has 0 amide bonds. The third-order valence-corrected chi connectivity index (χ3v) is 7.15. The molecule has 1 saturated heterocycles. The summed E-state index contributed by atoms with van der Waals surface area (Å²) >= 11 is 1.16. The average molecular weight is 409 g/mol. The van der Waals surface area contributed by atoms with Crippen molar-refractivity contribution in [3.63, 3.8) is 0 Å². The fourth-order valence-electron chi connectivity index (χ4n) is 2.31. The van der Waals surface area contributed by atoms with Gasteiger partial charge in [-0.05, 0) is 20.0 Å². The molecule has 0 radical (unpaired) electrons. The van der Waals surface area contributed by atoms with Gasteiger partial charge in [-0.25, -0.2) is 8.42 Å². The van der Waals surface area contributed by atoms with E-state index in [-0.39, 0.29) is 22.7 Å². The number of thiophene rings is 1. The highest BCUT2D eigenvalue weighted by Crippen LogP contribution is 2.29. The van der Waals surface area contributed by atoms with Crippen LogP contribution < -0.4 is 5.32 Å². The van der Waals surface area contributed by atoms with Crippen LogP contribution in [-0.4, -0.2) is 62.3 Å². The molecule has 8 nitrogen and oxygen atoms in total. The van der Waals surface area contributed by atoms with Gasteiger partial charge in [0, 0.05) is 30.9 Å². The molecule has 1 N–H and O–H groups in total. The van der Waals surface area contributed by atoms with Crippen molar-refractivity contribution < 1.29 is 17.7 Å². The first-order chi connectivity index (χ1) is 11.5. The monoisotopic (exact) mass is 408 g/mol. The van der Waals surface area contributed by atoms with Crippen LogP contribution in [0.3, 0.4) is 0 Å². The number of sulfonamides is 1. The number of ether oxygens (including phenoxy) is 1. The summed E-state index contributed by atoms with van der Waals surface area (Å²) in [5, 5.41) is 8.78. The maximum Gasteiger partial charge on any atom is 0.258 e. The summed E-state index contributed by atoms with van der Waals surface area (Å²) in [6.07, 6.45) is 0.642. The van der Waals surface area contributed by atoms with Gasteiger partial charge in [-0.15, -0.1) is 23.7 Å². The van der Waals surface area contributed by atoms with Gasteiger partial charge in [0.15, 0.2) is 5.82 Å². The number of likely N-dealkylation sites (N-methyl/N-ethyl adjacent to an activating group) is 1. The largest absolute Gasteiger partial charge is 0.379 e. The Hall–Kier alpha value is -1.04. The molecule has 0 bridgehead atoms. The molecule has 11 heteroatoms. The predicted octanol–water partition coefficient (Wildman–Crippen LogP) is 1.39. The second-order valence-electron chi connectivity index (χ2n) is 5.58. The molecule has 3 heterocycles. The van der Waals surface area contributed by atoms with Crippen molar-refractivity contribution in [2.24, 2.45) is 0 Å². The molecule has 25 heavy (non-hydrogen) atoms. The van der Waals surface area contributed by atoms with Gasteiger partial charge < -0.3 is 14.6 Å². The quantitative estimate of drug-likeness (QED) is 0.771. The molecule has 1 unspecified atom stereocenters. The van der Waals surface area contributed by atoms with Gasteiger partial charge in [-0.3, -0.25) is 0 Å². The average Bonchev–Trinajstić information content (AvgIpc) is 3.25. The first kappa shape index (κ1) is 20.3. The summed E-state index contributed by atoms with van der Waals surface area (Å²) in [5.74, 6) is 0.934. The highest BCUT2D eigenvalue weighted by Gasteiger charge is 2.28. The molecule has 1 aliphatic rings. The third-order valence-electron chi connectivity index (χ3n) is 3.84. The highest BCUT2D eigenvalue weighted by atomic mass is 35.5. The topological polar surface area (TPSA) is 97.6 Å². The molecular weight excluding hydrogens is 388 g/mol. The third kappa shape index (κ3) is 4.57. The molecule has 0 aliphatic carbocycles. The minimum absolute atomic E-state index is 0. The Morgan fingerprint density at radius 1 is 1.40 bits per heavy atom. The van der Waals surface area contributed by atoms with E-state index in [9.17, 15) is 8.42 Å². The summed E-state index contributed by atoms with van der Waals surface area (Å²) in [5.41, 5.74) is 0.627. The molecular formula is C14H21ClN4O4S2. The van der Waals surface area contributed by atoms with Crippen LogP contribution >= 0.6 is 23.7 Å². The first-order valence-corrected chi connectivity index (χ1v) is 9.99. The van der Waals surface area contributed by atoms with Crippen LogP contribution in [0.15, 0.2) is 20.2 Å². The zero-order valence-electron chi connectivity index (χ0n) is 14.0. The Labute approximate surface area is 157 Å². The SMILES string of the molecule is CNC(C)Cc1noc(-c2csc(S(=O)(=O)N3CCOCC3)c2)n1.Cl. The molecule has 2 aromatic rings. The molecule has 0 aromatic carbocycles. The summed E-state index contributed by atoms with van der Waals surface area (Å²) < 4.78 is 37.4. The number of hydrogen-bond acceptors (Lipinski definition) is 8. The van der Waals surface area contributed by atoms with Gasteiger partial charge >= 0.3 is 0 Å². The highest BCUT2D eigenvalue weighted by molar-refractivity contribution is 7.91. The molecule has 3 rings (SSSR count). The molecule has 140 valence electrons. The number of hydrogen-bond donors (Lipinski definition) is 1. The van der Waals surface area contributed by atoms with Gasteiger partial charge in [-0.2, -0.15) is 9.29 Å². The normalized spacial score (nSPS) is 17.2. The van der Waals surface area contributed by atoms with Crippen molar-refractivity contribution in [2.75, 3.05) is 33.4 Å². The van der Waals surface area contributed by atoms with Crippen molar-refractivity contribution in [3.8, 4) is 11.5 Å². The number of aromatic nitrogens is 2. The van der Waals surface area contributed by atoms with E-state index in [1.807, 2.05) is 14.0 Å². The Kier molecular flexibility index (Phi) is 6.94. The first-order valence-electron chi connectivity index (χ1n) is 7.67. The van der Waals surface area contributed by atoms with Gasteiger partial charge in [0.25, 0.3) is 15.9 Å². The minimum atomic E-state index is -3.49. The van der Waals surface area contributed by atoms with E-state index < -0.39 is 10.0 Å². The fourth-order valence-corrected chi connectivity index (χ4v) is 5.02. The van der Waals surface area contributed by atoms with Crippen LogP contribution in [0.4, 0.5) is 0 Å². The standard InChI is InChI=1S/C14H20N4O4S2.ClH/c1-10(15-2)7-12-16-14(22-17-12)11-8-13(23-9-11)24(19,20)18-3-5-21-6-4-18;/h8-10,15H,3-7H2,1-2H3;1H. The van der Waals surface area contributed by atoms with E-state index in [1.54, 1.807) is 11.4 Å². The number of halogens is 1. The second kappa shape index (κ2) is 8.56. The molecule has 1 atom stereocenters. The Balaban J connectivity index is 0.00000225. The summed E-state index contributed by atoms with van der Waals surface area (Å²) in [7, 11) is -1.62. The second-order valence-corrected chi connectivity index (χ2v) is 8.66. The number of nitrogens with one attached hydrogen (secondary N) is 1. The number of morpholine rings is 1. The van der Waals surface area contributed by atoms with Crippen molar-refractivity contribution in [3.05, 3.63) is 17.3 Å². The predicted molar refractivity (Wildman–Crippen MR) is 96.7 cm³/mol. The van der Waals surface area contributed by atoms with Crippen molar-refractivity contribution >= 4 is 33.8 Å². The van der Waals surface area contributed by atoms with E-state index in [0.29, 0.717) is 50.0 Å². The van der Waals surface area contributed by atoms with Crippen LogP contribution in [0.2, 0.25) is 0 Å². The Morgan fingerprint density at radius 2 is 2.12 bits per heavy atom. The molecule has 2 aromatic heterocycles. The number of rotatable bonds is 6. The maximum atomic E-state index is 12.6. The summed E-state index contributed by atoms with van der Waals surface area (Å²) in [6, 6.07) is 1.82. The van der Waals surface area contributed by atoms with E-state index >= 15 is 0 Å². The number of nitrogens with zero attached hydrogens (tertiary/aromatic N) is 3. The lowest BCUT2D eigenvalue weighted by molar-refractivity contribution is 0.0731. The maximum absolute atomic E-state index is 12.6. The lowest BCUT2D eigenvalue weighted by Crippen LogP contribution is -2.40. The lowest BCUT2D eigenvalue weighted by atomic mass is 10.2. The zero-order valence-corrected chi connectivity index (χ0v) is 16.4. The molecule has 1 aliphatic heterocycles. The van der Waals surface area contributed by atoms with E-state index in [4.69, 9.17) is 9.26 Å². The molecule has 0 saturated carbocycles. The van der Waals surface area contributed by atoms with Crippen LogP contribution in [0, 0.1) is 0 Å².